The summed E-state index contributed by atoms with van der Waals surface area (Å²) in [7, 11) is 1.28. The van der Waals surface area contributed by atoms with Crippen molar-refractivity contribution in [2.45, 2.75) is 18.6 Å². The van der Waals surface area contributed by atoms with Crippen molar-refractivity contribution in [2.75, 3.05) is 7.11 Å². The van der Waals surface area contributed by atoms with Crippen molar-refractivity contribution in [1.29, 1.82) is 5.26 Å². The highest BCUT2D eigenvalue weighted by atomic mass is 19.4. The summed E-state index contributed by atoms with van der Waals surface area (Å²) in [4.78, 5) is 0. The molecule has 0 radical (unpaired) electrons. The van der Waals surface area contributed by atoms with Crippen molar-refractivity contribution >= 4 is 0 Å². The lowest BCUT2D eigenvalue weighted by Crippen LogP contribution is -2.17. The first-order valence-electron chi connectivity index (χ1n) is 4.77. The molecule has 0 saturated carbocycles. The van der Waals surface area contributed by atoms with Crippen LogP contribution in [0.4, 0.5) is 13.2 Å². The van der Waals surface area contributed by atoms with E-state index < -0.39 is 17.8 Å². The van der Waals surface area contributed by atoms with Gasteiger partial charge in [-0.3, -0.25) is 0 Å². The number of alkyl halides is 3. The van der Waals surface area contributed by atoms with Gasteiger partial charge in [0.2, 0.25) is 0 Å². The van der Waals surface area contributed by atoms with Gasteiger partial charge in [-0.1, -0.05) is 6.07 Å². The molecule has 0 aromatic heterocycles. The Morgan fingerprint density at radius 1 is 1.47 bits per heavy atom. The second kappa shape index (κ2) is 5.06. The molecule has 0 heterocycles. The van der Waals surface area contributed by atoms with E-state index in [1.165, 1.54) is 19.2 Å². The zero-order valence-corrected chi connectivity index (χ0v) is 9.08. The molecule has 1 aromatic carbocycles. The molecule has 0 aliphatic heterocycles. The second-order valence-electron chi connectivity index (χ2n) is 3.42. The van der Waals surface area contributed by atoms with Gasteiger partial charge in [-0.05, 0) is 17.7 Å². The molecule has 0 unspecified atom stereocenters. The molecule has 2 N–H and O–H groups in total. The minimum Gasteiger partial charge on any atom is -0.497 e. The molecule has 0 bridgehead atoms. The average molecular weight is 244 g/mol. The summed E-state index contributed by atoms with van der Waals surface area (Å²) in [6, 6.07) is 4.31. The largest absolute Gasteiger partial charge is 0.497 e. The molecule has 3 nitrogen and oxygen atoms in total. The van der Waals surface area contributed by atoms with Crippen LogP contribution in [-0.4, -0.2) is 7.11 Å². The minimum absolute atomic E-state index is 0.0974. The number of hydrogen-bond donors (Lipinski definition) is 1. The van der Waals surface area contributed by atoms with Crippen LogP contribution in [0.5, 0.6) is 5.75 Å². The zero-order valence-electron chi connectivity index (χ0n) is 9.08. The Balaban J connectivity index is 3.26. The van der Waals surface area contributed by atoms with Crippen LogP contribution in [0.25, 0.3) is 0 Å². The highest BCUT2D eigenvalue weighted by Gasteiger charge is 2.35. The van der Waals surface area contributed by atoms with E-state index in [0.717, 1.165) is 6.07 Å². The van der Waals surface area contributed by atoms with Crippen LogP contribution >= 0.6 is 0 Å². The lowest BCUT2D eigenvalue weighted by atomic mass is 9.98. The van der Waals surface area contributed by atoms with Gasteiger partial charge in [0.15, 0.2) is 0 Å². The van der Waals surface area contributed by atoms with Crippen LogP contribution in [0.3, 0.4) is 0 Å². The van der Waals surface area contributed by atoms with Crippen LogP contribution in [0, 0.1) is 11.3 Å². The summed E-state index contributed by atoms with van der Waals surface area (Å²) in [5.74, 6) is 0.102. The molecule has 1 aromatic rings. The molecule has 1 atom stereocenters. The van der Waals surface area contributed by atoms with E-state index in [2.05, 4.69) is 0 Å². The van der Waals surface area contributed by atoms with E-state index in [1.54, 1.807) is 6.07 Å². The number of ether oxygens (including phenoxy) is 1. The predicted octanol–water partition coefficient (Wildman–Crippen LogP) is 2.63. The van der Waals surface area contributed by atoms with Gasteiger partial charge < -0.3 is 10.5 Å². The van der Waals surface area contributed by atoms with E-state index >= 15 is 0 Å². The van der Waals surface area contributed by atoms with E-state index in [1.807, 2.05) is 0 Å². The Bertz CT molecular complexity index is 437. The van der Waals surface area contributed by atoms with Crippen LogP contribution < -0.4 is 10.5 Å². The number of nitrogens with two attached hydrogens (primary N) is 1. The van der Waals surface area contributed by atoms with Gasteiger partial charge in [-0.15, -0.1) is 0 Å². The molecule has 0 aliphatic carbocycles. The minimum atomic E-state index is -4.52. The van der Waals surface area contributed by atoms with Crippen molar-refractivity contribution < 1.29 is 17.9 Å². The van der Waals surface area contributed by atoms with E-state index in [4.69, 9.17) is 15.7 Å². The topological polar surface area (TPSA) is 59.0 Å². The van der Waals surface area contributed by atoms with Gasteiger partial charge in [0.1, 0.15) is 5.75 Å². The van der Waals surface area contributed by atoms with Crippen molar-refractivity contribution in [3.63, 3.8) is 0 Å². The standard InChI is InChI=1S/C11H11F3N2O/c1-17-7-2-3-8(10(16)4-5-15)9(6-7)11(12,13)14/h2-3,6,10H,4,16H2,1H3/t10-/m0/s1. The summed E-state index contributed by atoms with van der Waals surface area (Å²) < 4.78 is 43.1. The normalized spacial score (nSPS) is 12.9. The molecule has 0 amide bonds. The van der Waals surface area contributed by atoms with Crippen LogP contribution in [0.1, 0.15) is 23.6 Å². The van der Waals surface area contributed by atoms with E-state index in [0.29, 0.717) is 0 Å². The van der Waals surface area contributed by atoms with Crippen molar-refractivity contribution in [3.8, 4) is 11.8 Å². The Kier molecular flexibility index (Phi) is 3.97. The Morgan fingerprint density at radius 2 is 2.12 bits per heavy atom. The summed E-state index contributed by atoms with van der Waals surface area (Å²) in [5, 5.41) is 8.46. The van der Waals surface area contributed by atoms with Gasteiger partial charge in [0.25, 0.3) is 0 Å². The monoisotopic (exact) mass is 244 g/mol. The number of hydrogen-bond acceptors (Lipinski definition) is 3. The smallest absolute Gasteiger partial charge is 0.416 e. The zero-order chi connectivity index (χ0) is 13.1. The fraction of sp³-hybridized carbons (Fsp3) is 0.364. The Hall–Kier alpha value is -1.74. The maximum absolute atomic E-state index is 12.8. The van der Waals surface area contributed by atoms with Gasteiger partial charge in [-0.25, -0.2) is 0 Å². The third kappa shape index (κ3) is 3.11. The summed E-state index contributed by atoms with van der Waals surface area (Å²) >= 11 is 0. The first kappa shape index (κ1) is 13.3. The molecule has 1 rings (SSSR count). The van der Waals surface area contributed by atoms with Crippen molar-refractivity contribution in [3.05, 3.63) is 29.3 Å². The van der Waals surface area contributed by atoms with Gasteiger partial charge in [0.05, 0.1) is 25.2 Å². The fourth-order valence-corrected chi connectivity index (χ4v) is 1.44. The molecule has 0 fully saturated rings. The third-order valence-corrected chi connectivity index (χ3v) is 2.28. The van der Waals surface area contributed by atoms with E-state index in [-0.39, 0.29) is 17.7 Å². The molecular formula is C11H11F3N2O. The SMILES string of the molecule is COc1ccc([C@@H](N)CC#N)c(C(F)(F)F)c1. The second-order valence-corrected chi connectivity index (χ2v) is 3.42. The highest BCUT2D eigenvalue weighted by Crippen LogP contribution is 2.36. The highest BCUT2D eigenvalue weighted by molar-refractivity contribution is 5.39. The number of benzene rings is 1. The number of nitrogens with zero attached hydrogens (tertiary/aromatic N) is 1. The van der Waals surface area contributed by atoms with Gasteiger partial charge >= 0.3 is 6.18 Å². The van der Waals surface area contributed by atoms with Gasteiger partial charge in [-0.2, -0.15) is 18.4 Å². The number of methoxy groups -OCH3 is 1. The summed E-state index contributed by atoms with van der Waals surface area (Å²) in [6.07, 6.45) is -4.69. The van der Waals surface area contributed by atoms with E-state index in [9.17, 15) is 13.2 Å². The first-order chi connectivity index (χ1) is 7.90. The third-order valence-electron chi connectivity index (χ3n) is 2.28. The summed E-state index contributed by atoms with van der Waals surface area (Å²) in [6.45, 7) is 0. The van der Waals surface area contributed by atoms with Crippen LogP contribution in [0.15, 0.2) is 18.2 Å². The van der Waals surface area contributed by atoms with Crippen LogP contribution in [-0.2, 0) is 6.18 Å². The molecule has 92 valence electrons. The molecule has 6 heteroatoms. The molecule has 0 spiro atoms. The van der Waals surface area contributed by atoms with Crippen molar-refractivity contribution in [1.82, 2.24) is 0 Å². The van der Waals surface area contributed by atoms with Gasteiger partial charge in [0, 0.05) is 6.04 Å². The first-order valence-corrected chi connectivity index (χ1v) is 4.77. The Morgan fingerprint density at radius 3 is 2.59 bits per heavy atom. The number of halogens is 3. The molecule has 0 saturated heterocycles. The quantitative estimate of drug-likeness (QED) is 0.889. The lowest BCUT2D eigenvalue weighted by molar-refractivity contribution is -0.138. The predicted molar refractivity (Wildman–Crippen MR) is 55.2 cm³/mol. The maximum Gasteiger partial charge on any atom is 0.416 e. The lowest BCUT2D eigenvalue weighted by Gasteiger charge is -2.17. The average Bonchev–Trinajstić information content (AvgIpc) is 2.27. The molecule has 17 heavy (non-hydrogen) atoms. The maximum atomic E-state index is 12.8. The number of rotatable bonds is 3. The Labute approximate surface area is 96.6 Å². The van der Waals surface area contributed by atoms with Crippen molar-refractivity contribution in [2.24, 2.45) is 5.73 Å². The molecular weight excluding hydrogens is 233 g/mol. The molecule has 0 aliphatic rings. The van der Waals surface area contributed by atoms with Crippen LogP contribution in [0.2, 0.25) is 0 Å². The fourth-order valence-electron chi connectivity index (χ4n) is 1.44. The number of nitriles is 1. The summed E-state index contributed by atoms with van der Waals surface area (Å²) in [5.41, 5.74) is 4.57.